The SMILES string of the molecule is O=C1C=C2C=C[C@@H](O)CC2O1. The first kappa shape index (κ1) is 6.61. The van der Waals surface area contributed by atoms with Crippen LogP contribution in [0.25, 0.3) is 0 Å². The maximum absolute atomic E-state index is 10.7. The normalized spacial score (nSPS) is 34.6. The Labute approximate surface area is 64.0 Å². The van der Waals surface area contributed by atoms with Gasteiger partial charge in [0, 0.05) is 12.5 Å². The summed E-state index contributed by atoms with van der Waals surface area (Å²) in [4.78, 5) is 10.7. The smallest absolute Gasteiger partial charge is 0.331 e. The van der Waals surface area contributed by atoms with Crippen LogP contribution >= 0.6 is 0 Å². The van der Waals surface area contributed by atoms with Crippen LogP contribution < -0.4 is 0 Å². The van der Waals surface area contributed by atoms with E-state index in [9.17, 15) is 4.79 Å². The van der Waals surface area contributed by atoms with Gasteiger partial charge in [-0.2, -0.15) is 0 Å². The molecule has 0 saturated heterocycles. The Hall–Kier alpha value is -1.09. The van der Waals surface area contributed by atoms with Gasteiger partial charge in [0.05, 0.1) is 6.10 Å². The number of fused-ring (bicyclic) bond motifs is 1. The van der Waals surface area contributed by atoms with Crippen molar-refractivity contribution in [3.05, 3.63) is 23.8 Å². The molecule has 0 aromatic heterocycles. The molecule has 0 aromatic rings. The Balaban J connectivity index is 2.26. The van der Waals surface area contributed by atoms with Gasteiger partial charge in [0.2, 0.25) is 0 Å². The molecular formula is C8H8O3. The molecule has 1 aliphatic carbocycles. The molecule has 11 heavy (non-hydrogen) atoms. The predicted octanol–water partition coefficient (Wildman–Crippen LogP) is 0.159. The minimum atomic E-state index is -0.469. The quantitative estimate of drug-likeness (QED) is 0.503. The number of esters is 1. The zero-order valence-corrected chi connectivity index (χ0v) is 5.86. The van der Waals surface area contributed by atoms with Gasteiger partial charge in [0.1, 0.15) is 6.10 Å². The summed E-state index contributed by atoms with van der Waals surface area (Å²) in [6.45, 7) is 0. The molecule has 0 bridgehead atoms. The van der Waals surface area contributed by atoms with Crippen LogP contribution in [0.4, 0.5) is 0 Å². The highest BCUT2D eigenvalue weighted by molar-refractivity contribution is 5.86. The molecule has 0 spiro atoms. The Morgan fingerprint density at radius 2 is 2.45 bits per heavy atom. The van der Waals surface area contributed by atoms with Crippen molar-refractivity contribution in [3.8, 4) is 0 Å². The topological polar surface area (TPSA) is 46.5 Å². The van der Waals surface area contributed by atoms with E-state index in [2.05, 4.69) is 0 Å². The molecule has 0 fully saturated rings. The number of hydrogen-bond donors (Lipinski definition) is 1. The highest BCUT2D eigenvalue weighted by atomic mass is 16.5. The molecule has 3 nitrogen and oxygen atoms in total. The van der Waals surface area contributed by atoms with E-state index in [1.54, 1.807) is 12.2 Å². The van der Waals surface area contributed by atoms with Crippen LogP contribution in [0.15, 0.2) is 23.8 Å². The summed E-state index contributed by atoms with van der Waals surface area (Å²) >= 11 is 0. The van der Waals surface area contributed by atoms with Crippen molar-refractivity contribution >= 4 is 5.97 Å². The van der Waals surface area contributed by atoms with Crippen LogP contribution in [0.1, 0.15) is 6.42 Å². The van der Waals surface area contributed by atoms with Gasteiger partial charge in [0.15, 0.2) is 0 Å². The first-order chi connectivity index (χ1) is 5.25. The first-order valence-corrected chi connectivity index (χ1v) is 3.54. The molecule has 3 heteroatoms. The number of hydrogen-bond acceptors (Lipinski definition) is 3. The molecule has 58 valence electrons. The number of carbonyl (C=O) groups excluding carboxylic acids is 1. The van der Waals surface area contributed by atoms with Crippen molar-refractivity contribution in [2.45, 2.75) is 18.6 Å². The summed E-state index contributed by atoms with van der Waals surface area (Å²) in [5.74, 6) is -0.302. The molecule has 0 saturated carbocycles. The molecule has 1 unspecified atom stereocenters. The van der Waals surface area contributed by atoms with Gasteiger partial charge >= 0.3 is 5.97 Å². The third kappa shape index (κ3) is 1.07. The van der Waals surface area contributed by atoms with Crippen LogP contribution in [0.3, 0.4) is 0 Å². The molecule has 1 heterocycles. The van der Waals surface area contributed by atoms with E-state index < -0.39 is 6.10 Å². The van der Waals surface area contributed by atoms with Crippen molar-refractivity contribution in [2.75, 3.05) is 0 Å². The van der Waals surface area contributed by atoms with Crippen LogP contribution in [0, 0.1) is 0 Å². The van der Waals surface area contributed by atoms with Crippen LogP contribution in [-0.4, -0.2) is 23.3 Å². The van der Waals surface area contributed by atoms with Gasteiger partial charge < -0.3 is 9.84 Å². The van der Waals surface area contributed by atoms with Gasteiger partial charge in [-0.05, 0) is 5.57 Å². The van der Waals surface area contributed by atoms with Gasteiger partial charge in [-0.25, -0.2) is 4.79 Å². The van der Waals surface area contributed by atoms with Crippen molar-refractivity contribution in [1.82, 2.24) is 0 Å². The molecule has 2 rings (SSSR count). The van der Waals surface area contributed by atoms with Gasteiger partial charge in [-0.3, -0.25) is 0 Å². The van der Waals surface area contributed by atoms with Crippen LogP contribution in [-0.2, 0) is 9.53 Å². The zero-order valence-electron chi connectivity index (χ0n) is 5.86. The molecule has 1 N–H and O–H groups in total. The second-order valence-electron chi connectivity index (χ2n) is 2.73. The summed E-state index contributed by atoms with van der Waals surface area (Å²) in [5.41, 5.74) is 0.875. The lowest BCUT2D eigenvalue weighted by atomic mass is 9.98. The van der Waals surface area contributed by atoms with Crippen LogP contribution in [0.2, 0.25) is 0 Å². The lowest BCUT2D eigenvalue weighted by Crippen LogP contribution is -2.21. The van der Waals surface area contributed by atoms with Crippen molar-refractivity contribution < 1.29 is 14.6 Å². The molecule has 0 amide bonds. The Bertz CT molecular complexity index is 252. The second kappa shape index (κ2) is 2.20. The lowest BCUT2D eigenvalue weighted by molar-refractivity contribution is -0.139. The van der Waals surface area contributed by atoms with Crippen molar-refractivity contribution in [2.24, 2.45) is 0 Å². The summed E-state index contributed by atoms with van der Waals surface area (Å²) in [7, 11) is 0. The fourth-order valence-electron chi connectivity index (χ4n) is 1.33. The number of ether oxygens (including phenoxy) is 1. The number of aliphatic hydroxyl groups excluding tert-OH is 1. The molecule has 2 atom stereocenters. The van der Waals surface area contributed by atoms with Crippen molar-refractivity contribution in [3.63, 3.8) is 0 Å². The fraction of sp³-hybridized carbons (Fsp3) is 0.375. The fourth-order valence-corrected chi connectivity index (χ4v) is 1.33. The van der Waals surface area contributed by atoms with Gasteiger partial charge in [0.25, 0.3) is 0 Å². The molecule has 0 aromatic carbocycles. The summed E-state index contributed by atoms with van der Waals surface area (Å²) in [6, 6.07) is 0. The van der Waals surface area contributed by atoms with E-state index in [1.807, 2.05) is 0 Å². The standard InChI is InChI=1S/C8H8O3/c9-6-2-1-5-3-8(10)11-7(5)4-6/h1-3,6-7,9H,4H2/t6-,7?/m1/s1. The summed E-state index contributed by atoms with van der Waals surface area (Å²) in [5, 5.41) is 9.14. The van der Waals surface area contributed by atoms with E-state index in [0.29, 0.717) is 6.42 Å². The summed E-state index contributed by atoms with van der Waals surface area (Å²) in [6.07, 6.45) is 4.69. The third-order valence-electron chi connectivity index (χ3n) is 1.88. The van der Waals surface area contributed by atoms with E-state index in [1.165, 1.54) is 6.08 Å². The second-order valence-corrected chi connectivity index (χ2v) is 2.73. The van der Waals surface area contributed by atoms with Crippen molar-refractivity contribution in [1.29, 1.82) is 0 Å². The minimum absolute atomic E-state index is 0.206. The predicted molar refractivity (Wildman–Crippen MR) is 37.7 cm³/mol. The number of aliphatic hydroxyl groups is 1. The molecule has 1 aliphatic heterocycles. The number of rotatable bonds is 0. The van der Waals surface area contributed by atoms with E-state index in [-0.39, 0.29) is 12.1 Å². The third-order valence-corrected chi connectivity index (χ3v) is 1.88. The van der Waals surface area contributed by atoms with Gasteiger partial charge in [-0.1, -0.05) is 12.2 Å². The average Bonchev–Trinajstić information content (AvgIpc) is 2.27. The Kier molecular flexibility index (Phi) is 1.32. The zero-order chi connectivity index (χ0) is 7.84. The Morgan fingerprint density at radius 1 is 1.64 bits per heavy atom. The number of carbonyl (C=O) groups is 1. The maximum atomic E-state index is 10.7. The maximum Gasteiger partial charge on any atom is 0.331 e. The largest absolute Gasteiger partial charge is 0.454 e. The lowest BCUT2D eigenvalue weighted by Gasteiger charge is -2.18. The highest BCUT2D eigenvalue weighted by Crippen LogP contribution is 2.25. The van der Waals surface area contributed by atoms with E-state index >= 15 is 0 Å². The van der Waals surface area contributed by atoms with Gasteiger partial charge in [-0.15, -0.1) is 0 Å². The molecular weight excluding hydrogens is 144 g/mol. The summed E-state index contributed by atoms with van der Waals surface area (Å²) < 4.78 is 4.89. The minimum Gasteiger partial charge on any atom is -0.454 e. The van der Waals surface area contributed by atoms with Crippen LogP contribution in [0.5, 0.6) is 0 Å². The monoisotopic (exact) mass is 152 g/mol. The van der Waals surface area contributed by atoms with E-state index in [4.69, 9.17) is 9.84 Å². The average molecular weight is 152 g/mol. The molecule has 0 radical (unpaired) electrons. The Morgan fingerprint density at radius 3 is 3.27 bits per heavy atom. The first-order valence-electron chi connectivity index (χ1n) is 3.54. The van der Waals surface area contributed by atoms with E-state index in [0.717, 1.165) is 5.57 Å². The highest BCUT2D eigenvalue weighted by Gasteiger charge is 2.28. The molecule has 2 aliphatic rings.